The van der Waals surface area contributed by atoms with Gasteiger partial charge in [-0.15, -0.1) is 11.6 Å². The molecule has 1 heterocycles. The van der Waals surface area contributed by atoms with Crippen molar-refractivity contribution < 1.29 is 28.7 Å². The molecule has 5 rings (SSSR count). The predicted octanol–water partition coefficient (Wildman–Crippen LogP) is 1.75. The lowest BCUT2D eigenvalue weighted by Gasteiger charge is -2.42. The van der Waals surface area contributed by atoms with Gasteiger partial charge in [-0.1, -0.05) is 6.58 Å². The zero-order valence-corrected chi connectivity index (χ0v) is 15.8. The highest BCUT2D eigenvalue weighted by Gasteiger charge is 2.86. The Balaban J connectivity index is 1.83. The maximum atomic E-state index is 13.5. The van der Waals surface area contributed by atoms with E-state index in [2.05, 4.69) is 6.58 Å². The van der Waals surface area contributed by atoms with Crippen molar-refractivity contribution in [1.29, 1.82) is 0 Å². The Hall–Kier alpha value is -1.95. The first-order valence-electron chi connectivity index (χ1n) is 9.07. The standard InChI is InChI=1S/C20H19ClO6/c1-9-14(23)19-8-18(9,21)6-4-10(19)20-7-5-11(22)17(2,16(25)27-20)13(20)12(19)15(24)26-3/h5,7,10,12-13H,1,4,6,8H2,2-3H3/t10-,12-,13-,17-,18+,19-,20-/m1/s1. The second-order valence-electron chi connectivity index (χ2n) is 8.70. The molecule has 0 unspecified atom stereocenters. The quantitative estimate of drug-likeness (QED) is 0.293. The van der Waals surface area contributed by atoms with Gasteiger partial charge in [0.1, 0.15) is 11.0 Å². The van der Waals surface area contributed by atoms with E-state index in [0.717, 1.165) is 0 Å². The van der Waals surface area contributed by atoms with Gasteiger partial charge in [0, 0.05) is 17.4 Å². The molecule has 1 saturated heterocycles. The minimum Gasteiger partial charge on any atom is -0.469 e. The van der Waals surface area contributed by atoms with Crippen LogP contribution in [0.5, 0.6) is 0 Å². The number of Topliss-reactive ketones (excluding diaryl/α,β-unsaturated/α-hetero) is 1. The lowest BCUT2D eigenvalue weighted by Crippen LogP contribution is -2.49. The van der Waals surface area contributed by atoms with Gasteiger partial charge in [0.15, 0.2) is 11.6 Å². The van der Waals surface area contributed by atoms with E-state index in [4.69, 9.17) is 21.1 Å². The SMILES string of the molecule is C=C1C(=O)[C@]23C[C@@]1(Cl)CC[C@H]2[C@@]12C=CC(=O)[C@@](C)(C(=O)O1)[C@H]2[C@@H]3C(=O)OC. The summed E-state index contributed by atoms with van der Waals surface area (Å²) in [5, 5.41) is 0. The van der Waals surface area contributed by atoms with Crippen molar-refractivity contribution in [3.05, 3.63) is 24.3 Å². The van der Waals surface area contributed by atoms with Gasteiger partial charge in [-0.3, -0.25) is 19.2 Å². The van der Waals surface area contributed by atoms with Gasteiger partial charge in [0.05, 0.1) is 23.3 Å². The van der Waals surface area contributed by atoms with Crippen LogP contribution >= 0.6 is 11.6 Å². The summed E-state index contributed by atoms with van der Waals surface area (Å²) >= 11 is 6.75. The fraction of sp³-hybridized carbons (Fsp3) is 0.600. The van der Waals surface area contributed by atoms with Gasteiger partial charge in [0.25, 0.3) is 0 Å². The Morgan fingerprint density at radius 1 is 1.37 bits per heavy atom. The van der Waals surface area contributed by atoms with Crippen molar-refractivity contribution >= 4 is 35.1 Å². The second kappa shape index (κ2) is 4.54. The van der Waals surface area contributed by atoms with Gasteiger partial charge in [-0.05, 0) is 38.3 Å². The van der Waals surface area contributed by atoms with Crippen molar-refractivity contribution in [2.24, 2.45) is 28.6 Å². The van der Waals surface area contributed by atoms with E-state index in [0.29, 0.717) is 18.4 Å². The van der Waals surface area contributed by atoms with Gasteiger partial charge in [-0.2, -0.15) is 0 Å². The molecule has 7 atom stereocenters. The summed E-state index contributed by atoms with van der Waals surface area (Å²) in [4.78, 5) is 51.1. The minimum atomic E-state index is -1.52. The number of rotatable bonds is 1. The largest absolute Gasteiger partial charge is 0.469 e. The van der Waals surface area contributed by atoms with Crippen LogP contribution in [0.3, 0.4) is 0 Å². The highest BCUT2D eigenvalue weighted by atomic mass is 35.5. The van der Waals surface area contributed by atoms with Crippen molar-refractivity contribution in [3.63, 3.8) is 0 Å². The summed E-state index contributed by atoms with van der Waals surface area (Å²) in [5.74, 6) is -4.12. The Morgan fingerprint density at radius 3 is 2.74 bits per heavy atom. The molecule has 142 valence electrons. The fourth-order valence-corrected chi connectivity index (χ4v) is 7.25. The van der Waals surface area contributed by atoms with Crippen LogP contribution < -0.4 is 0 Å². The van der Waals surface area contributed by atoms with Crippen LogP contribution in [0, 0.1) is 28.6 Å². The third kappa shape index (κ3) is 1.47. The first kappa shape index (κ1) is 17.2. The summed E-state index contributed by atoms with van der Waals surface area (Å²) in [6.07, 6.45) is 4.21. The average Bonchev–Trinajstić information content (AvgIpc) is 3.04. The Kier molecular flexibility index (Phi) is 2.89. The molecule has 1 spiro atoms. The predicted molar refractivity (Wildman–Crippen MR) is 92.6 cm³/mol. The van der Waals surface area contributed by atoms with Crippen LogP contribution in [0.2, 0.25) is 0 Å². The van der Waals surface area contributed by atoms with E-state index in [9.17, 15) is 19.2 Å². The maximum absolute atomic E-state index is 13.5. The molecule has 0 aromatic heterocycles. The highest BCUT2D eigenvalue weighted by Crippen LogP contribution is 2.76. The number of hydrogen-bond donors (Lipinski definition) is 0. The van der Waals surface area contributed by atoms with Gasteiger partial charge in [-0.25, -0.2) is 0 Å². The Bertz CT molecular complexity index is 906. The van der Waals surface area contributed by atoms with Crippen molar-refractivity contribution in [2.45, 2.75) is 36.7 Å². The fourth-order valence-electron chi connectivity index (χ4n) is 6.83. The van der Waals surface area contributed by atoms with E-state index < -0.39 is 56.8 Å². The van der Waals surface area contributed by atoms with E-state index in [1.165, 1.54) is 20.1 Å². The highest BCUT2D eigenvalue weighted by molar-refractivity contribution is 6.32. The van der Waals surface area contributed by atoms with Crippen LogP contribution in [-0.4, -0.2) is 41.1 Å². The molecule has 7 heteroatoms. The number of halogens is 1. The molecule has 5 aliphatic rings. The lowest BCUT2D eigenvalue weighted by molar-refractivity contribution is -0.163. The zero-order valence-electron chi connectivity index (χ0n) is 15.0. The van der Waals surface area contributed by atoms with Crippen LogP contribution in [0.1, 0.15) is 26.2 Å². The number of allylic oxidation sites excluding steroid dienone is 2. The molecule has 4 bridgehead atoms. The molecule has 4 aliphatic carbocycles. The first-order valence-corrected chi connectivity index (χ1v) is 9.45. The van der Waals surface area contributed by atoms with E-state index in [1.807, 2.05) is 0 Å². The normalized spacial score (nSPS) is 51.9. The van der Waals surface area contributed by atoms with Crippen LogP contribution in [0.15, 0.2) is 24.3 Å². The first-order chi connectivity index (χ1) is 12.6. The number of carbonyl (C=O) groups excluding carboxylic acids is 4. The summed E-state index contributed by atoms with van der Waals surface area (Å²) in [7, 11) is 1.25. The summed E-state index contributed by atoms with van der Waals surface area (Å²) < 4.78 is 10.9. The average molecular weight is 391 g/mol. The molecule has 0 aromatic rings. The molecule has 3 saturated carbocycles. The topological polar surface area (TPSA) is 86.7 Å². The number of hydrogen-bond acceptors (Lipinski definition) is 6. The summed E-state index contributed by atoms with van der Waals surface area (Å²) in [6, 6.07) is 0. The molecule has 1 aliphatic heterocycles. The van der Waals surface area contributed by atoms with E-state index in [1.54, 1.807) is 6.08 Å². The van der Waals surface area contributed by atoms with Gasteiger partial charge >= 0.3 is 11.9 Å². The summed E-state index contributed by atoms with van der Waals surface area (Å²) in [5.41, 5.74) is -3.54. The smallest absolute Gasteiger partial charge is 0.321 e. The third-order valence-corrected chi connectivity index (χ3v) is 8.51. The van der Waals surface area contributed by atoms with E-state index >= 15 is 0 Å². The molecule has 6 nitrogen and oxygen atoms in total. The zero-order chi connectivity index (χ0) is 19.6. The number of carbonyl (C=O) groups is 4. The molecule has 0 amide bonds. The number of alkyl halides is 1. The number of methoxy groups -OCH3 is 1. The van der Waals surface area contributed by atoms with Crippen LogP contribution in [0.25, 0.3) is 0 Å². The van der Waals surface area contributed by atoms with Crippen LogP contribution in [0.4, 0.5) is 0 Å². The Labute approximate surface area is 160 Å². The molecule has 0 N–H and O–H groups in total. The molecule has 4 fully saturated rings. The monoisotopic (exact) mass is 390 g/mol. The maximum Gasteiger partial charge on any atom is 0.321 e. The number of fused-ring (bicyclic) bond motifs is 1. The molecule has 27 heavy (non-hydrogen) atoms. The van der Waals surface area contributed by atoms with Crippen LogP contribution in [-0.2, 0) is 28.7 Å². The third-order valence-electron chi connectivity index (χ3n) is 7.96. The summed E-state index contributed by atoms with van der Waals surface area (Å²) in [6.45, 7) is 5.44. The van der Waals surface area contributed by atoms with Crippen molar-refractivity contribution in [1.82, 2.24) is 0 Å². The minimum absolute atomic E-state index is 0.248. The lowest BCUT2D eigenvalue weighted by atomic mass is 9.61. The van der Waals surface area contributed by atoms with E-state index in [-0.39, 0.29) is 12.2 Å². The Morgan fingerprint density at radius 2 is 2.07 bits per heavy atom. The van der Waals surface area contributed by atoms with Crippen molar-refractivity contribution in [2.75, 3.05) is 7.11 Å². The molecular weight excluding hydrogens is 372 g/mol. The molecular formula is C20H19ClO6. The molecule has 0 radical (unpaired) electrons. The number of ether oxygens (including phenoxy) is 2. The van der Waals surface area contributed by atoms with Gasteiger partial charge in [0.2, 0.25) is 0 Å². The molecule has 0 aromatic carbocycles. The van der Waals surface area contributed by atoms with Crippen molar-refractivity contribution in [3.8, 4) is 0 Å². The number of ketones is 2. The van der Waals surface area contributed by atoms with Gasteiger partial charge < -0.3 is 9.47 Å². The second-order valence-corrected chi connectivity index (χ2v) is 9.43. The number of esters is 2.